The van der Waals surface area contributed by atoms with Crippen molar-refractivity contribution in [2.75, 3.05) is 6.54 Å². The number of hydrogen-bond donors (Lipinski definition) is 4. The Morgan fingerprint density at radius 3 is 2.84 bits per heavy atom. The van der Waals surface area contributed by atoms with Crippen LogP contribution in [0.2, 0.25) is 0 Å². The zero-order valence-corrected chi connectivity index (χ0v) is 17.5. The summed E-state index contributed by atoms with van der Waals surface area (Å²) < 4.78 is 15.5. The third-order valence-electron chi connectivity index (χ3n) is 5.96. The van der Waals surface area contributed by atoms with E-state index in [1.807, 2.05) is 19.2 Å². The van der Waals surface area contributed by atoms with Gasteiger partial charge >= 0.3 is 0 Å². The summed E-state index contributed by atoms with van der Waals surface area (Å²) in [6, 6.07) is 8.88. The normalized spacial score (nSPS) is 16.6. The molecule has 1 aliphatic rings. The van der Waals surface area contributed by atoms with Gasteiger partial charge < -0.3 is 15.4 Å². The number of benzene rings is 2. The summed E-state index contributed by atoms with van der Waals surface area (Å²) >= 11 is 0. The Morgan fingerprint density at radius 1 is 1.19 bits per heavy atom. The van der Waals surface area contributed by atoms with Gasteiger partial charge in [-0.25, -0.2) is 9.37 Å². The number of aromatic amines is 2. The van der Waals surface area contributed by atoms with E-state index >= 15 is 4.39 Å². The molecule has 0 radical (unpaired) electrons. The number of phenolic OH excluding ortho intramolecular Hbond substituents is 1. The summed E-state index contributed by atoms with van der Waals surface area (Å²) in [5.41, 5.74) is 5.09. The fraction of sp³-hybridized carbons (Fsp3) is 0.250. The molecule has 4 aromatic rings. The number of fused-ring (bicyclic) bond motifs is 1. The SMILES string of the molecule is CCc1cc(O)ccc1-c1ccc2c(-c3nc(C4=CCCNC4C)c[nH]3)n[nH]c2c1F. The van der Waals surface area contributed by atoms with Crippen LogP contribution < -0.4 is 5.32 Å². The van der Waals surface area contributed by atoms with Crippen LogP contribution in [0.25, 0.3) is 39.1 Å². The molecule has 1 atom stereocenters. The van der Waals surface area contributed by atoms with Crippen molar-refractivity contribution in [2.45, 2.75) is 32.7 Å². The van der Waals surface area contributed by atoms with Crippen molar-refractivity contribution in [3.8, 4) is 28.4 Å². The highest BCUT2D eigenvalue weighted by Crippen LogP contribution is 2.35. The highest BCUT2D eigenvalue weighted by atomic mass is 19.1. The molecule has 3 heterocycles. The first-order chi connectivity index (χ1) is 15.1. The van der Waals surface area contributed by atoms with Gasteiger partial charge in [0.1, 0.15) is 17.0 Å². The maximum Gasteiger partial charge on any atom is 0.159 e. The molecule has 4 N–H and O–H groups in total. The van der Waals surface area contributed by atoms with E-state index in [9.17, 15) is 5.11 Å². The number of aromatic hydroxyl groups is 1. The van der Waals surface area contributed by atoms with Crippen molar-refractivity contribution < 1.29 is 9.50 Å². The summed E-state index contributed by atoms with van der Waals surface area (Å²) in [5.74, 6) is 0.416. The monoisotopic (exact) mass is 417 g/mol. The minimum Gasteiger partial charge on any atom is -0.508 e. The van der Waals surface area contributed by atoms with Gasteiger partial charge in [-0.3, -0.25) is 5.10 Å². The number of nitrogens with zero attached hydrogens (tertiary/aromatic N) is 2. The van der Waals surface area contributed by atoms with E-state index in [4.69, 9.17) is 4.98 Å². The maximum atomic E-state index is 15.5. The summed E-state index contributed by atoms with van der Waals surface area (Å²) in [6.45, 7) is 5.07. The predicted octanol–water partition coefficient (Wildman–Crippen LogP) is 4.79. The zero-order chi connectivity index (χ0) is 21.5. The molecular weight excluding hydrogens is 393 g/mol. The van der Waals surface area contributed by atoms with Crippen molar-refractivity contribution in [2.24, 2.45) is 0 Å². The molecule has 0 aliphatic carbocycles. The van der Waals surface area contributed by atoms with Gasteiger partial charge in [0, 0.05) is 23.2 Å². The lowest BCUT2D eigenvalue weighted by molar-refractivity contribution is 0.474. The van der Waals surface area contributed by atoms with Crippen molar-refractivity contribution >= 4 is 16.5 Å². The average molecular weight is 417 g/mol. The van der Waals surface area contributed by atoms with Gasteiger partial charge in [-0.05, 0) is 61.2 Å². The minimum absolute atomic E-state index is 0.178. The van der Waals surface area contributed by atoms with Gasteiger partial charge in [-0.1, -0.05) is 25.1 Å². The molecule has 0 spiro atoms. The van der Waals surface area contributed by atoms with Crippen LogP contribution in [0, 0.1) is 5.82 Å². The summed E-state index contributed by atoms with van der Waals surface area (Å²) in [6.07, 6.45) is 5.74. The summed E-state index contributed by atoms with van der Waals surface area (Å²) in [5, 5.41) is 21.1. The van der Waals surface area contributed by atoms with Crippen LogP contribution in [-0.2, 0) is 6.42 Å². The number of phenols is 1. The molecule has 1 aliphatic heterocycles. The number of nitrogens with one attached hydrogen (secondary N) is 3. The standard InChI is InChI=1S/C24H24FN5O/c1-3-14-11-15(31)6-7-17(14)18-8-9-19-22(21(18)25)29-30-23(19)24-27-12-20(28-24)16-5-4-10-26-13(16)2/h5-9,11-13,26,31H,3-4,10H2,1-2H3,(H,27,28)(H,29,30). The van der Waals surface area contributed by atoms with E-state index < -0.39 is 0 Å². The summed E-state index contributed by atoms with van der Waals surface area (Å²) in [4.78, 5) is 7.92. The molecule has 1 unspecified atom stereocenters. The number of imidazole rings is 1. The number of rotatable bonds is 4. The lowest BCUT2D eigenvalue weighted by atomic mass is 9.96. The van der Waals surface area contributed by atoms with Gasteiger partial charge in [-0.15, -0.1) is 0 Å². The van der Waals surface area contributed by atoms with E-state index in [1.165, 1.54) is 0 Å². The number of halogens is 1. The molecule has 31 heavy (non-hydrogen) atoms. The van der Waals surface area contributed by atoms with Crippen LogP contribution >= 0.6 is 0 Å². The van der Waals surface area contributed by atoms with Gasteiger partial charge in [0.2, 0.25) is 0 Å². The van der Waals surface area contributed by atoms with Crippen molar-refractivity contribution in [3.05, 3.63) is 59.7 Å². The van der Waals surface area contributed by atoms with Crippen LogP contribution in [0.5, 0.6) is 5.75 Å². The minimum atomic E-state index is -0.365. The topological polar surface area (TPSA) is 89.6 Å². The van der Waals surface area contributed by atoms with Crippen molar-refractivity contribution in [1.82, 2.24) is 25.5 Å². The lowest BCUT2D eigenvalue weighted by Gasteiger charge is -2.20. The van der Waals surface area contributed by atoms with E-state index in [0.717, 1.165) is 35.4 Å². The van der Waals surface area contributed by atoms with E-state index in [1.54, 1.807) is 24.3 Å². The molecular formula is C24H24FN5O. The van der Waals surface area contributed by atoms with Crippen molar-refractivity contribution in [3.63, 3.8) is 0 Å². The maximum absolute atomic E-state index is 15.5. The Morgan fingerprint density at radius 2 is 2.03 bits per heavy atom. The van der Waals surface area contributed by atoms with Crippen LogP contribution in [0.4, 0.5) is 4.39 Å². The van der Waals surface area contributed by atoms with Crippen LogP contribution in [0.15, 0.2) is 42.6 Å². The summed E-state index contributed by atoms with van der Waals surface area (Å²) in [7, 11) is 0. The molecule has 0 fully saturated rings. The van der Waals surface area contributed by atoms with Crippen LogP contribution in [0.1, 0.15) is 31.5 Å². The first-order valence-corrected chi connectivity index (χ1v) is 10.5. The smallest absolute Gasteiger partial charge is 0.159 e. The second-order valence-corrected chi connectivity index (χ2v) is 7.88. The predicted molar refractivity (Wildman–Crippen MR) is 120 cm³/mol. The van der Waals surface area contributed by atoms with Crippen LogP contribution in [-0.4, -0.2) is 37.9 Å². The third kappa shape index (κ3) is 3.31. The van der Waals surface area contributed by atoms with Crippen LogP contribution in [0.3, 0.4) is 0 Å². The fourth-order valence-corrected chi connectivity index (χ4v) is 4.31. The Bertz CT molecular complexity index is 1300. The molecule has 158 valence electrons. The largest absolute Gasteiger partial charge is 0.508 e. The fourth-order valence-electron chi connectivity index (χ4n) is 4.31. The zero-order valence-electron chi connectivity index (χ0n) is 17.5. The molecule has 6 nitrogen and oxygen atoms in total. The first kappa shape index (κ1) is 19.5. The first-order valence-electron chi connectivity index (χ1n) is 10.5. The molecule has 5 rings (SSSR count). The molecule has 0 bridgehead atoms. The molecule has 7 heteroatoms. The third-order valence-corrected chi connectivity index (χ3v) is 5.96. The molecule has 0 saturated heterocycles. The highest BCUT2D eigenvalue weighted by Gasteiger charge is 2.21. The lowest BCUT2D eigenvalue weighted by Crippen LogP contribution is -2.31. The molecule has 2 aromatic carbocycles. The Labute approximate surface area is 179 Å². The second-order valence-electron chi connectivity index (χ2n) is 7.88. The number of hydrogen-bond acceptors (Lipinski definition) is 4. The van der Waals surface area contributed by atoms with Gasteiger partial charge in [-0.2, -0.15) is 5.10 Å². The van der Waals surface area contributed by atoms with E-state index in [0.29, 0.717) is 34.4 Å². The quantitative estimate of drug-likeness (QED) is 0.384. The average Bonchev–Trinajstić information content (AvgIpc) is 3.42. The number of aromatic nitrogens is 4. The van der Waals surface area contributed by atoms with Gasteiger partial charge in [0.05, 0.1) is 5.69 Å². The molecule has 0 saturated carbocycles. The molecule has 0 amide bonds. The van der Waals surface area contributed by atoms with E-state index in [-0.39, 0.29) is 17.6 Å². The Balaban J connectivity index is 1.56. The number of aryl methyl sites for hydroxylation is 1. The Kier molecular flexibility index (Phi) is 4.82. The Hall–Kier alpha value is -3.45. The number of H-pyrrole nitrogens is 2. The van der Waals surface area contributed by atoms with E-state index in [2.05, 4.69) is 33.5 Å². The van der Waals surface area contributed by atoms with Gasteiger partial charge in [0.15, 0.2) is 11.6 Å². The highest BCUT2D eigenvalue weighted by molar-refractivity contribution is 5.95. The van der Waals surface area contributed by atoms with Crippen molar-refractivity contribution in [1.29, 1.82) is 0 Å². The second kappa shape index (κ2) is 7.67. The molecule has 2 aromatic heterocycles. The van der Waals surface area contributed by atoms with Gasteiger partial charge in [0.25, 0.3) is 0 Å².